The highest BCUT2D eigenvalue weighted by atomic mass is 16.2. The van der Waals surface area contributed by atoms with Gasteiger partial charge in [0.2, 0.25) is 11.8 Å². The molecule has 6 nitrogen and oxygen atoms in total. The van der Waals surface area contributed by atoms with Gasteiger partial charge in [-0.3, -0.25) is 14.4 Å². The van der Waals surface area contributed by atoms with E-state index < -0.39 is 0 Å². The molecule has 0 bridgehead atoms. The number of nitrogens with zero attached hydrogens (tertiary/aromatic N) is 3. The molecule has 0 radical (unpaired) electrons. The second-order valence-electron chi connectivity index (χ2n) is 8.74. The second kappa shape index (κ2) is 8.46. The monoisotopic (exact) mass is 407 g/mol. The lowest BCUT2D eigenvalue weighted by Gasteiger charge is -2.36. The average molecular weight is 408 g/mol. The fraction of sp³-hybridized carbons (Fsp3) is 0.458. The zero-order valence-corrected chi connectivity index (χ0v) is 17.7. The van der Waals surface area contributed by atoms with E-state index in [-0.39, 0.29) is 23.6 Å². The van der Waals surface area contributed by atoms with Crippen LogP contribution < -0.4 is 0 Å². The average Bonchev–Trinajstić information content (AvgIpc) is 3.12. The summed E-state index contributed by atoms with van der Waals surface area (Å²) in [4.78, 5) is 43.7. The smallest absolute Gasteiger partial charge is 0.254 e. The molecule has 1 atom stereocenters. The highest BCUT2D eigenvalue weighted by molar-refractivity contribution is 6.07. The van der Waals surface area contributed by atoms with Crippen LogP contribution in [0.25, 0.3) is 10.8 Å². The SMILES string of the molecule is CC(C)CN1CC(C(=O)N2CCN(C(=O)c3cccc4ccccc34)CC2)CC1=O. The first-order valence-corrected chi connectivity index (χ1v) is 10.8. The quantitative estimate of drug-likeness (QED) is 0.783. The number of amides is 3. The Hall–Kier alpha value is -2.89. The summed E-state index contributed by atoms with van der Waals surface area (Å²) in [7, 11) is 0. The van der Waals surface area contributed by atoms with Crippen LogP contribution in [0, 0.1) is 11.8 Å². The predicted molar refractivity (Wildman–Crippen MR) is 116 cm³/mol. The molecule has 0 aromatic heterocycles. The minimum absolute atomic E-state index is 0.0121. The van der Waals surface area contributed by atoms with Gasteiger partial charge in [0.05, 0.1) is 5.92 Å². The summed E-state index contributed by atoms with van der Waals surface area (Å²) >= 11 is 0. The lowest BCUT2D eigenvalue weighted by Crippen LogP contribution is -2.52. The lowest BCUT2D eigenvalue weighted by atomic mass is 10.0. The number of hydrogen-bond acceptors (Lipinski definition) is 3. The Morgan fingerprint density at radius 1 is 0.967 bits per heavy atom. The van der Waals surface area contributed by atoms with E-state index in [1.54, 1.807) is 0 Å². The van der Waals surface area contributed by atoms with Crippen LogP contribution in [0.15, 0.2) is 42.5 Å². The van der Waals surface area contributed by atoms with Crippen molar-refractivity contribution in [2.45, 2.75) is 20.3 Å². The first kappa shape index (κ1) is 20.4. The molecular weight excluding hydrogens is 378 g/mol. The first-order valence-electron chi connectivity index (χ1n) is 10.8. The molecule has 0 N–H and O–H groups in total. The number of benzene rings is 2. The van der Waals surface area contributed by atoms with Crippen LogP contribution in [0.3, 0.4) is 0 Å². The molecule has 2 aromatic carbocycles. The Morgan fingerprint density at radius 2 is 1.63 bits per heavy atom. The van der Waals surface area contributed by atoms with Crippen molar-refractivity contribution in [3.8, 4) is 0 Å². The van der Waals surface area contributed by atoms with Gasteiger partial charge in [-0.25, -0.2) is 0 Å². The van der Waals surface area contributed by atoms with E-state index in [0.717, 1.165) is 10.8 Å². The Balaban J connectivity index is 1.37. The van der Waals surface area contributed by atoms with Crippen LogP contribution in [0.4, 0.5) is 0 Å². The molecule has 4 rings (SSSR count). The molecule has 1 unspecified atom stereocenters. The third-order valence-electron chi connectivity index (χ3n) is 6.05. The first-order chi connectivity index (χ1) is 14.4. The minimum Gasteiger partial charge on any atom is -0.342 e. The van der Waals surface area contributed by atoms with E-state index >= 15 is 0 Å². The molecule has 2 saturated heterocycles. The maximum Gasteiger partial charge on any atom is 0.254 e. The number of carbonyl (C=O) groups excluding carboxylic acids is 3. The predicted octanol–water partition coefficient (Wildman–Crippen LogP) is 2.63. The molecule has 0 spiro atoms. The van der Waals surface area contributed by atoms with Crippen LogP contribution in [0.2, 0.25) is 0 Å². The normalized spacial score (nSPS) is 19.8. The number of piperazine rings is 1. The van der Waals surface area contributed by atoms with Crippen molar-refractivity contribution in [1.29, 1.82) is 0 Å². The number of fused-ring (bicyclic) bond motifs is 1. The molecule has 6 heteroatoms. The molecule has 2 fully saturated rings. The fourth-order valence-electron chi connectivity index (χ4n) is 4.53. The zero-order valence-electron chi connectivity index (χ0n) is 17.7. The number of carbonyl (C=O) groups is 3. The van der Waals surface area contributed by atoms with Crippen molar-refractivity contribution in [3.63, 3.8) is 0 Å². The lowest BCUT2D eigenvalue weighted by molar-refractivity contribution is -0.137. The second-order valence-corrected chi connectivity index (χ2v) is 8.74. The summed E-state index contributed by atoms with van der Waals surface area (Å²) < 4.78 is 0. The number of likely N-dealkylation sites (tertiary alicyclic amines) is 1. The van der Waals surface area contributed by atoms with E-state index in [4.69, 9.17) is 0 Å². The summed E-state index contributed by atoms with van der Waals surface area (Å²) in [6.07, 6.45) is 0.306. The molecule has 2 aromatic rings. The van der Waals surface area contributed by atoms with E-state index in [9.17, 15) is 14.4 Å². The van der Waals surface area contributed by atoms with Gasteiger partial charge in [0.25, 0.3) is 5.91 Å². The van der Waals surface area contributed by atoms with Crippen LogP contribution in [-0.2, 0) is 9.59 Å². The summed E-state index contributed by atoms with van der Waals surface area (Å²) in [5.74, 6) is 0.278. The van der Waals surface area contributed by atoms with Gasteiger partial charge in [-0.2, -0.15) is 0 Å². The van der Waals surface area contributed by atoms with Crippen molar-refractivity contribution in [2.24, 2.45) is 11.8 Å². The summed E-state index contributed by atoms with van der Waals surface area (Å²) in [6.45, 7) is 7.45. The molecule has 158 valence electrons. The van der Waals surface area contributed by atoms with Gasteiger partial charge in [-0.15, -0.1) is 0 Å². The molecule has 0 saturated carbocycles. The number of rotatable bonds is 4. The van der Waals surface area contributed by atoms with Gasteiger partial charge in [0.1, 0.15) is 0 Å². The molecule has 0 aliphatic carbocycles. The third kappa shape index (κ3) is 4.04. The van der Waals surface area contributed by atoms with Gasteiger partial charge in [-0.05, 0) is 22.8 Å². The molecule has 30 heavy (non-hydrogen) atoms. The van der Waals surface area contributed by atoms with E-state index in [2.05, 4.69) is 13.8 Å². The zero-order chi connectivity index (χ0) is 21.3. The van der Waals surface area contributed by atoms with Crippen molar-refractivity contribution in [1.82, 2.24) is 14.7 Å². The Labute approximate surface area is 177 Å². The fourth-order valence-corrected chi connectivity index (χ4v) is 4.53. The molecular formula is C24H29N3O3. The molecule has 3 amide bonds. The van der Waals surface area contributed by atoms with Gasteiger partial charge in [0, 0.05) is 51.3 Å². The molecule has 2 aliphatic heterocycles. The van der Waals surface area contributed by atoms with E-state index in [0.29, 0.717) is 57.2 Å². The van der Waals surface area contributed by atoms with E-state index in [1.807, 2.05) is 57.2 Å². The maximum absolute atomic E-state index is 13.1. The van der Waals surface area contributed by atoms with Crippen molar-refractivity contribution >= 4 is 28.5 Å². The highest BCUT2D eigenvalue weighted by Gasteiger charge is 2.37. The van der Waals surface area contributed by atoms with E-state index in [1.165, 1.54) is 0 Å². The van der Waals surface area contributed by atoms with Gasteiger partial charge in [0.15, 0.2) is 0 Å². The summed E-state index contributed by atoms with van der Waals surface area (Å²) in [5.41, 5.74) is 0.707. The molecule has 2 heterocycles. The van der Waals surface area contributed by atoms with Crippen LogP contribution in [-0.4, -0.2) is 71.7 Å². The standard InChI is InChI=1S/C24H29N3O3/c1-17(2)15-27-16-19(14-22(27)28)23(29)25-10-12-26(13-11-25)24(30)21-9-5-7-18-6-3-4-8-20(18)21/h3-9,17,19H,10-16H2,1-2H3. The third-order valence-corrected chi connectivity index (χ3v) is 6.05. The van der Waals surface area contributed by atoms with Crippen LogP contribution in [0.5, 0.6) is 0 Å². The number of hydrogen-bond donors (Lipinski definition) is 0. The minimum atomic E-state index is -0.253. The summed E-state index contributed by atoms with van der Waals surface area (Å²) in [5, 5.41) is 2.01. The van der Waals surface area contributed by atoms with Crippen LogP contribution in [0.1, 0.15) is 30.6 Å². The van der Waals surface area contributed by atoms with Crippen molar-refractivity contribution in [3.05, 3.63) is 48.0 Å². The van der Waals surface area contributed by atoms with Crippen molar-refractivity contribution in [2.75, 3.05) is 39.3 Å². The summed E-state index contributed by atoms with van der Waals surface area (Å²) in [6, 6.07) is 13.7. The van der Waals surface area contributed by atoms with Gasteiger partial charge >= 0.3 is 0 Å². The Bertz CT molecular complexity index is 958. The molecule has 2 aliphatic rings. The Kier molecular flexibility index (Phi) is 5.75. The largest absolute Gasteiger partial charge is 0.342 e. The van der Waals surface area contributed by atoms with Gasteiger partial charge < -0.3 is 14.7 Å². The van der Waals surface area contributed by atoms with Crippen LogP contribution >= 0.6 is 0 Å². The maximum atomic E-state index is 13.1. The highest BCUT2D eigenvalue weighted by Crippen LogP contribution is 2.23. The van der Waals surface area contributed by atoms with Crippen molar-refractivity contribution < 1.29 is 14.4 Å². The van der Waals surface area contributed by atoms with Gasteiger partial charge in [-0.1, -0.05) is 50.2 Å². The topological polar surface area (TPSA) is 60.9 Å². The Morgan fingerprint density at radius 3 is 2.37 bits per heavy atom.